The summed E-state index contributed by atoms with van der Waals surface area (Å²) in [5.74, 6) is -0.0780. The third-order valence-electron chi connectivity index (χ3n) is 4.60. The van der Waals surface area contributed by atoms with Crippen LogP contribution < -0.4 is 16.3 Å². The van der Waals surface area contributed by atoms with Crippen molar-refractivity contribution in [3.05, 3.63) is 69.9 Å². The van der Waals surface area contributed by atoms with Crippen molar-refractivity contribution >= 4 is 23.5 Å². The first-order valence-corrected chi connectivity index (χ1v) is 10.8. The van der Waals surface area contributed by atoms with E-state index < -0.39 is 17.4 Å². The summed E-state index contributed by atoms with van der Waals surface area (Å²) in [6.45, 7) is 7.43. The van der Waals surface area contributed by atoms with Crippen LogP contribution in [0.2, 0.25) is 0 Å². The number of H-pyrrole nitrogens is 3. The Balaban J connectivity index is 1.68. The quantitative estimate of drug-likeness (QED) is 0.156. The zero-order valence-corrected chi connectivity index (χ0v) is 19.6. The van der Waals surface area contributed by atoms with Gasteiger partial charge in [0.2, 0.25) is 11.7 Å². The van der Waals surface area contributed by atoms with Crippen LogP contribution in [-0.2, 0) is 11.2 Å². The molecule has 11 nitrogen and oxygen atoms in total. The molecule has 0 saturated heterocycles. The van der Waals surface area contributed by atoms with Crippen molar-refractivity contribution in [3.8, 4) is 0 Å². The molecule has 34 heavy (non-hydrogen) atoms. The second-order valence-corrected chi connectivity index (χ2v) is 8.65. The van der Waals surface area contributed by atoms with Gasteiger partial charge in [0, 0.05) is 35.4 Å². The number of hydrogen-bond acceptors (Lipinski definition) is 6. The van der Waals surface area contributed by atoms with Crippen LogP contribution in [0.3, 0.4) is 0 Å². The van der Waals surface area contributed by atoms with Crippen LogP contribution in [0.25, 0.3) is 0 Å². The van der Waals surface area contributed by atoms with Gasteiger partial charge in [0.05, 0.1) is 6.33 Å². The van der Waals surface area contributed by atoms with Gasteiger partial charge in [-0.15, -0.1) is 0 Å². The van der Waals surface area contributed by atoms with Gasteiger partial charge in [-0.2, -0.15) is 0 Å². The van der Waals surface area contributed by atoms with Crippen LogP contribution >= 0.6 is 0 Å². The number of guanidine groups is 1. The van der Waals surface area contributed by atoms with Crippen molar-refractivity contribution in [1.29, 1.82) is 0 Å². The number of anilines is 1. The second kappa shape index (κ2) is 10.6. The molecule has 2 heterocycles. The summed E-state index contributed by atoms with van der Waals surface area (Å²) in [4.78, 5) is 52.9. The number of alkyl carbamates (subject to hydrolysis) is 1. The fraction of sp³-hybridized carbons (Fsp3) is 0.348. The van der Waals surface area contributed by atoms with Crippen molar-refractivity contribution in [3.63, 3.8) is 0 Å². The highest BCUT2D eigenvalue weighted by atomic mass is 16.6. The molecule has 0 unspecified atom stereocenters. The summed E-state index contributed by atoms with van der Waals surface area (Å²) in [5.41, 5.74) is 1.63. The minimum absolute atomic E-state index is 0.219. The number of nitrogens with zero attached hydrogens (tertiary/aromatic N) is 2. The summed E-state index contributed by atoms with van der Waals surface area (Å²) < 4.78 is 5.32. The molecule has 0 saturated carbocycles. The minimum Gasteiger partial charge on any atom is -0.444 e. The molecule has 0 aliphatic rings. The van der Waals surface area contributed by atoms with Gasteiger partial charge in [-0.05, 0) is 64.8 Å². The van der Waals surface area contributed by atoms with Crippen LogP contribution in [0.4, 0.5) is 10.5 Å². The van der Waals surface area contributed by atoms with E-state index in [9.17, 15) is 14.4 Å². The van der Waals surface area contributed by atoms with Crippen LogP contribution in [0.1, 0.15) is 54.6 Å². The molecule has 0 radical (unpaired) electrons. The number of carbonyl (C=O) groups excluding carboxylic acids is 2. The standard InChI is InChI=1S/C23H29N7O4/c1-14-18(29-21(32)27-14)19(31)15-7-9-16(10-8-15)28-20(30-22(33)34-23(2,3)4)25-11-5-6-17-12-24-13-26-17/h7-10,12-13H,5-6,11H2,1-4H3,(H,24,26)(H2,27,29,32)(H2,25,28,30,33). The Morgan fingerprint density at radius 1 is 1.15 bits per heavy atom. The Bertz CT molecular complexity index is 1200. The van der Waals surface area contributed by atoms with Gasteiger partial charge < -0.3 is 25.0 Å². The first-order chi connectivity index (χ1) is 16.1. The zero-order valence-electron chi connectivity index (χ0n) is 19.6. The van der Waals surface area contributed by atoms with Crippen molar-refractivity contribution in [1.82, 2.24) is 25.3 Å². The lowest BCUT2D eigenvalue weighted by molar-refractivity contribution is 0.0563. The van der Waals surface area contributed by atoms with E-state index in [1.807, 2.05) is 0 Å². The van der Waals surface area contributed by atoms with E-state index in [-0.39, 0.29) is 17.4 Å². The number of rotatable bonds is 7. The number of nitrogens with one attached hydrogen (secondary N) is 5. The average Bonchev–Trinajstić information content (AvgIpc) is 3.38. The number of aromatic amines is 3. The van der Waals surface area contributed by atoms with E-state index in [0.29, 0.717) is 23.5 Å². The largest absolute Gasteiger partial charge is 0.444 e. The number of imidazole rings is 2. The van der Waals surface area contributed by atoms with Gasteiger partial charge in [0.15, 0.2) is 0 Å². The number of aromatic nitrogens is 4. The number of carbonyl (C=O) groups is 2. The molecular weight excluding hydrogens is 438 g/mol. The summed E-state index contributed by atoms with van der Waals surface area (Å²) in [6.07, 6.45) is 4.26. The Labute approximate surface area is 196 Å². The minimum atomic E-state index is -0.658. The molecule has 0 spiro atoms. The van der Waals surface area contributed by atoms with E-state index >= 15 is 0 Å². The van der Waals surface area contributed by atoms with Crippen molar-refractivity contribution in [2.75, 3.05) is 11.9 Å². The molecule has 3 aromatic rings. The second-order valence-electron chi connectivity index (χ2n) is 8.65. The number of aryl methyl sites for hydroxylation is 2. The number of hydrogen-bond donors (Lipinski definition) is 5. The summed E-state index contributed by atoms with van der Waals surface area (Å²) in [5, 5.41) is 5.69. The smallest absolute Gasteiger partial charge is 0.414 e. The predicted octanol–water partition coefficient (Wildman–Crippen LogP) is 2.89. The lowest BCUT2D eigenvalue weighted by atomic mass is 10.1. The Hall–Kier alpha value is -4.15. The molecule has 11 heteroatoms. The van der Waals surface area contributed by atoms with Gasteiger partial charge >= 0.3 is 11.8 Å². The predicted molar refractivity (Wildman–Crippen MR) is 128 cm³/mol. The molecule has 1 amide bonds. The van der Waals surface area contributed by atoms with Gasteiger partial charge in [-0.1, -0.05) is 0 Å². The first kappa shape index (κ1) is 24.5. The Morgan fingerprint density at radius 3 is 2.47 bits per heavy atom. The maximum Gasteiger partial charge on any atom is 0.414 e. The molecule has 0 aliphatic carbocycles. The SMILES string of the molecule is Cc1[nH]c(=O)[nH]c1C(=O)c1ccc(NC(=NCCCc2cnc[nH]2)NC(=O)OC(C)(C)C)cc1. The molecule has 5 N–H and O–H groups in total. The number of ketones is 1. The molecule has 1 aromatic carbocycles. The van der Waals surface area contributed by atoms with Crippen molar-refractivity contribution < 1.29 is 14.3 Å². The fourth-order valence-electron chi connectivity index (χ4n) is 3.08. The Morgan fingerprint density at radius 2 is 1.88 bits per heavy atom. The van der Waals surface area contributed by atoms with Crippen molar-refractivity contribution in [2.24, 2.45) is 4.99 Å². The Kier molecular flexibility index (Phi) is 7.67. The highest BCUT2D eigenvalue weighted by Crippen LogP contribution is 2.14. The van der Waals surface area contributed by atoms with Gasteiger partial charge in [-0.25, -0.2) is 14.6 Å². The van der Waals surface area contributed by atoms with Crippen LogP contribution in [-0.4, -0.2) is 49.9 Å². The number of aliphatic imine (C=N–C) groups is 1. The third-order valence-corrected chi connectivity index (χ3v) is 4.60. The van der Waals surface area contributed by atoms with E-state index in [2.05, 4.69) is 35.6 Å². The topological polar surface area (TPSA) is 157 Å². The molecule has 3 rings (SSSR count). The summed E-state index contributed by atoms with van der Waals surface area (Å²) in [6, 6.07) is 6.62. The normalized spacial score (nSPS) is 11.8. The molecular formula is C23H29N7O4. The molecule has 0 atom stereocenters. The van der Waals surface area contributed by atoms with Crippen molar-refractivity contribution in [2.45, 2.75) is 46.1 Å². The number of benzene rings is 1. The van der Waals surface area contributed by atoms with Crippen LogP contribution in [0, 0.1) is 6.92 Å². The monoisotopic (exact) mass is 467 g/mol. The van der Waals surface area contributed by atoms with Gasteiger partial charge in [-0.3, -0.25) is 15.1 Å². The summed E-state index contributed by atoms with van der Waals surface area (Å²) >= 11 is 0. The lowest BCUT2D eigenvalue weighted by Gasteiger charge is -2.20. The van der Waals surface area contributed by atoms with E-state index in [1.165, 1.54) is 0 Å². The van der Waals surface area contributed by atoms with Gasteiger partial charge in [0.25, 0.3) is 0 Å². The number of amides is 1. The van der Waals surface area contributed by atoms with Crippen LogP contribution in [0.15, 0.2) is 46.6 Å². The first-order valence-electron chi connectivity index (χ1n) is 10.8. The molecule has 180 valence electrons. The summed E-state index contributed by atoms with van der Waals surface area (Å²) in [7, 11) is 0. The molecule has 2 aromatic heterocycles. The van der Waals surface area contributed by atoms with E-state index in [0.717, 1.165) is 18.5 Å². The van der Waals surface area contributed by atoms with Crippen LogP contribution in [0.5, 0.6) is 0 Å². The lowest BCUT2D eigenvalue weighted by Crippen LogP contribution is -2.40. The molecule has 0 aliphatic heterocycles. The van der Waals surface area contributed by atoms with E-state index in [4.69, 9.17) is 4.74 Å². The average molecular weight is 468 g/mol. The zero-order chi connectivity index (χ0) is 24.7. The highest BCUT2D eigenvalue weighted by molar-refractivity contribution is 6.09. The number of ether oxygens (including phenoxy) is 1. The van der Waals surface area contributed by atoms with E-state index in [1.54, 1.807) is 64.5 Å². The maximum atomic E-state index is 12.6. The van der Waals surface area contributed by atoms with Gasteiger partial charge in [0.1, 0.15) is 11.3 Å². The third kappa shape index (κ3) is 7.19. The molecule has 0 bridgehead atoms. The molecule has 0 fully saturated rings. The fourth-order valence-corrected chi connectivity index (χ4v) is 3.08. The highest BCUT2D eigenvalue weighted by Gasteiger charge is 2.18. The maximum absolute atomic E-state index is 12.6.